The Kier molecular flexibility index (Phi) is 4.81. The molecule has 2 rings (SSSR count). The second kappa shape index (κ2) is 6.42. The maximum Gasteiger partial charge on any atom is 0.319 e. The fourth-order valence-electron chi connectivity index (χ4n) is 1.67. The molecule has 8 heteroatoms. The molecule has 0 unspecified atom stereocenters. The molecule has 116 valence electrons. The lowest BCUT2D eigenvalue weighted by Gasteiger charge is -2.13. The van der Waals surface area contributed by atoms with E-state index in [1.807, 2.05) is 0 Å². The summed E-state index contributed by atoms with van der Waals surface area (Å²) >= 11 is 0. The lowest BCUT2D eigenvalue weighted by atomic mass is 10.3. The number of anilines is 1. The summed E-state index contributed by atoms with van der Waals surface area (Å²) in [7, 11) is -3.54. The minimum Gasteiger partial charge on any atom is -0.394 e. The summed E-state index contributed by atoms with van der Waals surface area (Å²) in [4.78, 5) is 11.7. The number of urea groups is 1. The van der Waals surface area contributed by atoms with Gasteiger partial charge in [0.15, 0.2) is 0 Å². The van der Waals surface area contributed by atoms with E-state index in [4.69, 9.17) is 5.11 Å². The van der Waals surface area contributed by atoms with Crippen LogP contribution in [0, 0.1) is 0 Å². The lowest BCUT2D eigenvalue weighted by Crippen LogP contribution is -2.38. The van der Waals surface area contributed by atoms with Crippen LogP contribution in [0.4, 0.5) is 10.5 Å². The molecule has 1 aliphatic rings. The van der Waals surface area contributed by atoms with Crippen LogP contribution in [0.5, 0.6) is 0 Å². The number of aliphatic hydroxyl groups excluding tert-OH is 1. The number of hydrogen-bond acceptors (Lipinski definition) is 4. The number of carbonyl (C=O) groups excluding carboxylic acids is 1. The zero-order chi connectivity index (χ0) is 15.5. The molecule has 7 nitrogen and oxygen atoms in total. The first-order valence-corrected chi connectivity index (χ1v) is 8.20. The van der Waals surface area contributed by atoms with Gasteiger partial charge < -0.3 is 15.7 Å². The Morgan fingerprint density at radius 2 is 2.14 bits per heavy atom. The van der Waals surface area contributed by atoms with Crippen molar-refractivity contribution in [3.63, 3.8) is 0 Å². The van der Waals surface area contributed by atoms with Crippen molar-refractivity contribution < 1.29 is 18.3 Å². The van der Waals surface area contributed by atoms with Crippen LogP contribution in [0.2, 0.25) is 0 Å². The summed E-state index contributed by atoms with van der Waals surface area (Å²) in [6.45, 7) is 1.48. The maximum absolute atomic E-state index is 12.1. The van der Waals surface area contributed by atoms with Crippen LogP contribution in [0.25, 0.3) is 0 Å². The molecule has 1 fully saturated rings. The van der Waals surface area contributed by atoms with Crippen LogP contribution in [-0.4, -0.2) is 38.2 Å². The Morgan fingerprint density at radius 3 is 2.76 bits per heavy atom. The van der Waals surface area contributed by atoms with Crippen LogP contribution in [0.1, 0.15) is 19.8 Å². The van der Waals surface area contributed by atoms with Crippen molar-refractivity contribution in [2.45, 2.75) is 36.7 Å². The molecular formula is C13H19N3O4S. The van der Waals surface area contributed by atoms with Gasteiger partial charge in [0, 0.05) is 11.7 Å². The van der Waals surface area contributed by atoms with E-state index < -0.39 is 16.1 Å². The highest BCUT2D eigenvalue weighted by Gasteiger charge is 2.28. The summed E-state index contributed by atoms with van der Waals surface area (Å²) in [6.07, 6.45) is 1.72. The molecule has 0 spiro atoms. The highest BCUT2D eigenvalue weighted by molar-refractivity contribution is 7.89. The summed E-state index contributed by atoms with van der Waals surface area (Å²) in [5.41, 5.74) is 0.372. The average Bonchev–Trinajstić information content (AvgIpc) is 3.22. The van der Waals surface area contributed by atoms with Crippen molar-refractivity contribution in [2.24, 2.45) is 0 Å². The summed E-state index contributed by atoms with van der Waals surface area (Å²) in [6, 6.07) is 5.18. The van der Waals surface area contributed by atoms with Gasteiger partial charge in [0.2, 0.25) is 10.0 Å². The number of carbonyl (C=O) groups is 1. The normalized spacial score (nSPS) is 16.3. The molecule has 0 aromatic heterocycles. The highest BCUT2D eigenvalue weighted by atomic mass is 32.2. The molecule has 0 heterocycles. The standard InChI is InChI=1S/C13H19N3O4S/c1-9(8-17)14-13(18)15-11-3-2-4-12(7-11)21(19,20)16-10-5-6-10/h2-4,7,9-10,16-17H,5-6,8H2,1H3,(H2,14,15,18)/t9-/m1/s1. The van der Waals surface area contributed by atoms with Crippen molar-refractivity contribution >= 4 is 21.7 Å². The van der Waals surface area contributed by atoms with Gasteiger partial charge in [-0.15, -0.1) is 0 Å². The van der Waals surface area contributed by atoms with Crippen LogP contribution >= 0.6 is 0 Å². The van der Waals surface area contributed by atoms with Crippen LogP contribution in [0.3, 0.4) is 0 Å². The predicted octanol–water partition coefficient (Wildman–Crippen LogP) is 0.630. The fraction of sp³-hybridized carbons (Fsp3) is 0.462. The van der Waals surface area contributed by atoms with Gasteiger partial charge in [0.1, 0.15) is 0 Å². The van der Waals surface area contributed by atoms with Crippen molar-refractivity contribution in [3.8, 4) is 0 Å². The molecule has 0 radical (unpaired) electrons. The lowest BCUT2D eigenvalue weighted by molar-refractivity contribution is 0.229. The number of rotatable bonds is 6. The van der Waals surface area contributed by atoms with E-state index in [0.29, 0.717) is 5.69 Å². The second-order valence-corrected chi connectivity index (χ2v) is 6.82. The van der Waals surface area contributed by atoms with E-state index in [0.717, 1.165) is 12.8 Å². The molecule has 2 amide bonds. The minimum atomic E-state index is -3.54. The monoisotopic (exact) mass is 313 g/mol. The van der Waals surface area contributed by atoms with E-state index in [9.17, 15) is 13.2 Å². The summed E-state index contributed by atoms with van der Waals surface area (Å²) < 4.78 is 26.7. The third kappa shape index (κ3) is 4.69. The quantitative estimate of drug-likeness (QED) is 0.618. The SMILES string of the molecule is C[C@H](CO)NC(=O)Nc1cccc(S(=O)(=O)NC2CC2)c1. The zero-order valence-electron chi connectivity index (χ0n) is 11.7. The smallest absolute Gasteiger partial charge is 0.319 e. The van der Waals surface area contributed by atoms with Crippen LogP contribution in [-0.2, 0) is 10.0 Å². The molecule has 1 saturated carbocycles. The number of aliphatic hydroxyl groups is 1. The number of nitrogens with one attached hydrogen (secondary N) is 3. The van der Waals surface area contributed by atoms with Crippen molar-refractivity contribution in [2.75, 3.05) is 11.9 Å². The molecule has 0 bridgehead atoms. The molecule has 1 aliphatic carbocycles. The molecule has 21 heavy (non-hydrogen) atoms. The molecule has 4 N–H and O–H groups in total. The molecule has 1 aromatic carbocycles. The third-order valence-electron chi connectivity index (χ3n) is 2.95. The average molecular weight is 313 g/mol. The van der Waals surface area contributed by atoms with Crippen molar-refractivity contribution in [3.05, 3.63) is 24.3 Å². The first-order valence-electron chi connectivity index (χ1n) is 6.71. The van der Waals surface area contributed by atoms with Gasteiger partial charge >= 0.3 is 6.03 Å². The van der Waals surface area contributed by atoms with Gasteiger partial charge in [-0.05, 0) is 38.0 Å². The Balaban J connectivity index is 2.05. The zero-order valence-corrected chi connectivity index (χ0v) is 12.5. The number of amides is 2. The van der Waals surface area contributed by atoms with Gasteiger partial charge in [-0.2, -0.15) is 0 Å². The molecule has 1 aromatic rings. The molecule has 0 aliphatic heterocycles. The van der Waals surface area contributed by atoms with E-state index in [1.165, 1.54) is 12.1 Å². The maximum atomic E-state index is 12.1. The number of hydrogen-bond donors (Lipinski definition) is 4. The molecular weight excluding hydrogens is 294 g/mol. The van der Waals surface area contributed by atoms with E-state index >= 15 is 0 Å². The van der Waals surface area contributed by atoms with Gasteiger partial charge in [0.25, 0.3) is 0 Å². The van der Waals surface area contributed by atoms with E-state index in [1.54, 1.807) is 19.1 Å². The highest BCUT2D eigenvalue weighted by Crippen LogP contribution is 2.23. The van der Waals surface area contributed by atoms with Crippen molar-refractivity contribution in [1.82, 2.24) is 10.0 Å². The van der Waals surface area contributed by atoms with Gasteiger partial charge in [-0.25, -0.2) is 17.9 Å². The predicted molar refractivity (Wildman–Crippen MR) is 78.5 cm³/mol. The van der Waals surface area contributed by atoms with Gasteiger partial charge in [0.05, 0.1) is 17.5 Å². The summed E-state index contributed by atoms with van der Waals surface area (Å²) in [5, 5.41) is 13.9. The Labute approximate surface area is 123 Å². The second-order valence-electron chi connectivity index (χ2n) is 5.11. The van der Waals surface area contributed by atoms with Crippen molar-refractivity contribution in [1.29, 1.82) is 0 Å². The first-order chi connectivity index (χ1) is 9.90. The fourth-order valence-corrected chi connectivity index (χ4v) is 3.02. The van der Waals surface area contributed by atoms with E-state index in [-0.39, 0.29) is 23.6 Å². The Bertz CT molecular complexity index is 614. The van der Waals surface area contributed by atoms with E-state index in [2.05, 4.69) is 15.4 Å². The largest absolute Gasteiger partial charge is 0.394 e. The van der Waals surface area contributed by atoms with Crippen LogP contribution in [0.15, 0.2) is 29.2 Å². The number of benzene rings is 1. The number of sulfonamides is 1. The topological polar surface area (TPSA) is 108 Å². The molecule has 1 atom stereocenters. The first kappa shape index (κ1) is 15.7. The van der Waals surface area contributed by atoms with Crippen LogP contribution < -0.4 is 15.4 Å². The molecule has 0 saturated heterocycles. The minimum absolute atomic E-state index is 0.0281. The third-order valence-corrected chi connectivity index (χ3v) is 4.47. The van der Waals surface area contributed by atoms with Gasteiger partial charge in [-0.3, -0.25) is 0 Å². The summed E-state index contributed by atoms with van der Waals surface area (Å²) in [5.74, 6) is 0. The van der Waals surface area contributed by atoms with Gasteiger partial charge in [-0.1, -0.05) is 6.07 Å². The Hall–Kier alpha value is -1.64. The Morgan fingerprint density at radius 1 is 1.43 bits per heavy atom.